The van der Waals surface area contributed by atoms with Gasteiger partial charge >= 0.3 is 7.27 Å². The third kappa shape index (κ3) is 2.77. The lowest BCUT2D eigenvalue weighted by Crippen LogP contribution is -2.22. The lowest BCUT2D eigenvalue weighted by molar-refractivity contribution is 0.392. The van der Waals surface area contributed by atoms with Gasteiger partial charge in [0.1, 0.15) is 5.82 Å². The maximum Gasteiger partial charge on any atom is 0.572 e. The molecule has 0 spiro atoms. The van der Waals surface area contributed by atoms with Crippen molar-refractivity contribution < 1.29 is 13.0 Å². The normalized spacial score (nSPS) is 10.7. The average molecular weight is 201 g/mol. The zero-order chi connectivity index (χ0) is 10.7. The summed E-state index contributed by atoms with van der Waals surface area (Å²) in [5.74, 6) is -0.442. The summed E-state index contributed by atoms with van der Waals surface area (Å²) in [5, 5.41) is 0. The number of hydrogen-bond donors (Lipinski definition) is 0. The molecule has 0 saturated carbocycles. The van der Waals surface area contributed by atoms with Crippen molar-refractivity contribution in [1.29, 1.82) is 0 Å². The molecule has 1 aromatic carbocycles. The molecule has 5 heteroatoms. The van der Waals surface area contributed by atoms with Crippen molar-refractivity contribution in [1.82, 2.24) is 4.90 Å². The van der Waals surface area contributed by atoms with Crippen LogP contribution in [0.4, 0.5) is 13.0 Å². The van der Waals surface area contributed by atoms with Gasteiger partial charge in [0.15, 0.2) is 0 Å². The van der Waals surface area contributed by atoms with Gasteiger partial charge in [0.05, 0.1) is 0 Å². The molecule has 1 nitrogen and oxygen atoms in total. The van der Waals surface area contributed by atoms with Gasteiger partial charge in [0.2, 0.25) is 0 Å². The van der Waals surface area contributed by atoms with E-state index in [1.807, 2.05) is 0 Å². The first-order chi connectivity index (χ1) is 6.50. The minimum atomic E-state index is -2.54. The van der Waals surface area contributed by atoms with Crippen LogP contribution in [0.5, 0.6) is 0 Å². The summed E-state index contributed by atoms with van der Waals surface area (Å²) < 4.78 is 37.7. The second-order valence-corrected chi connectivity index (χ2v) is 3.39. The Morgan fingerprint density at radius 3 is 2.43 bits per heavy atom. The van der Waals surface area contributed by atoms with E-state index in [0.29, 0.717) is 12.1 Å². The van der Waals surface area contributed by atoms with Crippen LogP contribution in [-0.4, -0.2) is 26.3 Å². The van der Waals surface area contributed by atoms with Crippen molar-refractivity contribution in [2.75, 3.05) is 14.1 Å². The molecule has 0 atom stereocenters. The Morgan fingerprint density at radius 1 is 1.29 bits per heavy atom. The third-order valence-electron chi connectivity index (χ3n) is 1.81. The number of halogens is 3. The Labute approximate surface area is 81.7 Å². The van der Waals surface area contributed by atoms with E-state index in [1.54, 1.807) is 19.0 Å². The van der Waals surface area contributed by atoms with Gasteiger partial charge in [0, 0.05) is 12.1 Å². The molecule has 1 aromatic rings. The lowest BCUT2D eigenvalue weighted by Gasteiger charge is -2.11. The smallest absolute Gasteiger partial charge is 0.305 e. The molecule has 0 amide bonds. The molecular weight excluding hydrogens is 190 g/mol. The van der Waals surface area contributed by atoms with Gasteiger partial charge in [-0.15, -0.1) is 0 Å². The highest BCUT2D eigenvalue weighted by molar-refractivity contribution is 6.59. The molecule has 0 bridgehead atoms. The standard InChI is InChI=1S/C9H11BF3N/c1-14(2)6-7-5-8(10(12)13)3-4-9(7)11/h3-5H,6H2,1-2H3. The number of nitrogens with zero attached hydrogens (tertiary/aromatic N) is 1. The van der Waals surface area contributed by atoms with Crippen LogP contribution in [0.3, 0.4) is 0 Å². The molecule has 0 aliphatic carbocycles. The zero-order valence-corrected chi connectivity index (χ0v) is 8.10. The molecule has 0 N–H and O–H groups in total. The van der Waals surface area contributed by atoms with E-state index in [-0.39, 0.29) is 5.46 Å². The van der Waals surface area contributed by atoms with Gasteiger partial charge < -0.3 is 4.90 Å². The first kappa shape index (κ1) is 11.1. The van der Waals surface area contributed by atoms with E-state index >= 15 is 0 Å². The summed E-state index contributed by atoms with van der Waals surface area (Å²) in [7, 11) is 0.972. The highest BCUT2D eigenvalue weighted by Gasteiger charge is 2.17. The molecule has 0 aliphatic rings. The Bertz CT molecular complexity index is 315. The molecule has 0 radical (unpaired) electrons. The van der Waals surface area contributed by atoms with Crippen LogP contribution in [0.25, 0.3) is 0 Å². The van der Waals surface area contributed by atoms with E-state index in [0.717, 1.165) is 12.1 Å². The molecule has 76 valence electrons. The van der Waals surface area contributed by atoms with Crippen molar-refractivity contribution in [3.8, 4) is 0 Å². The summed E-state index contributed by atoms with van der Waals surface area (Å²) >= 11 is 0. The molecule has 0 saturated heterocycles. The average Bonchev–Trinajstić information content (AvgIpc) is 2.07. The largest absolute Gasteiger partial charge is 0.572 e. The molecule has 1 rings (SSSR count). The summed E-state index contributed by atoms with van der Waals surface area (Å²) in [6, 6.07) is 3.40. The Kier molecular flexibility index (Phi) is 3.58. The Morgan fingerprint density at radius 2 is 1.93 bits per heavy atom. The number of rotatable bonds is 3. The fourth-order valence-electron chi connectivity index (χ4n) is 1.19. The van der Waals surface area contributed by atoms with E-state index < -0.39 is 13.1 Å². The van der Waals surface area contributed by atoms with Crippen LogP contribution in [0.15, 0.2) is 18.2 Å². The first-order valence-corrected chi connectivity index (χ1v) is 4.22. The minimum Gasteiger partial charge on any atom is -0.305 e. The van der Waals surface area contributed by atoms with E-state index in [4.69, 9.17) is 0 Å². The second kappa shape index (κ2) is 4.51. The fraction of sp³-hybridized carbons (Fsp3) is 0.333. The van der Waals surface area contributed by atoms with Crippen LogP contribution in [-0.2, 0) is 6.54 Å². The summed E-state index contributed by atoms with van der Waals surface area (Å²) in [4.78, 5) is 1.73. The van der Waals surface area contributed by atoms with Gasteiger partial charge in [0.25, 0.3) is 0 Å². The molecule has 0 aliphatic heterocycles. The van der Waals surface area contributed by atoms with Gasteiger partial charge in [-0.3, -0.25) is 8.63 Å². The SMILES string of the molecule is CN(C)Cc1cc(B(F)F)ccc1F. The Balaban J connectivity index is 2.96. The fourth-order valence-corrected chi connectivity index (χ4v) is 1.19. The summed E-state index contributed by atoms with van der Waals surface area (Å²) in [5.41, 5.74) is 0.163. The number of benzene rings is 1. The van der Waals surface area contributed by atoms with Crippen molar-refractivity contribution in [3.63, 3.8) is 0 Å². The molecule has 14 heavy (non-hydrogen) atoms. The first-order valence-electron chi connectivity index (χ1n) is 4.22. The Hall–Kier alpha value is -0.965. The van der Waals surface area contributed by atoms with E-state index in [2.05, 4.69) is 0 Å². The minimum absolute atomic E-state index is 0.136. The van der Waals surface area contributed by atoms with Crippen LogP contribution >= 0.6 is 0 Å². The van der Waals surface area contributed by atoms with E-state index in [9.17, 15) is 13.0 Å². The third-order valence-corrected chi connectivity index (χ3v) is 1.81. The maximum atomic E-state index is 13.1. The summed E-state index contributed by atoms with van der Waals surface area (Å²) in [6.45, 7) is 0.326. The van der Waals surface area contributed by atoms with Gasteiger partial charge in [-0.1, -0.05) is 12.1 Å². The van der Waals surface area contributed by atoms with Crippen molar-refractivity contribution in [2.24, 2.45) is 0 Å². The van der Waals surface area contributed by atoms with Gasteiger partial charge in [-0.05, 0) is 25.6 Å². The van der Waals surface area contributed by atoms with Crippen LogP contribution in [0.2, 0.25) is 0 Å². The zero-order valence-electron chi connectivity index (χ0n) is 8.10. The van der Waals surface area contributed by atoms with Crippen LogP contribution in [0.1, 0.15) is 5.56 Å². The quantitative estimate of drug-likeness (QED) is 0.670. The number of hydrogen-bond acceptors (Lipinski definition) is 1. The second-order valence-electron chi connectivity index (χ2n) is 3.39. The highest BCUT2D eigenvalue weighted by atomic mass is 19.2. The molecule has 0 aromatic heterocycles. The summed E-state index contributed by atoms with van der Waals surface area (Å²) in [6.07, 6.45) is 0. The van der Waals surface area contributed by atoms with Crippen LogP contribution in [0, 0.1) is 5.82 Å². The van der Waals surface area contributed by atoms with Crippen molar-refractivity contribution in [3.05, 3.63) is 29.6 Å². The molecule has 0 unspecified atom stereocenters. The highest BCUT2D eigenvalue weighted by Crippen LogP contribution is 2.07. The van der Waals surface area contributed by atoms with Crippen molar-refractivity contribution in [2.45, 2.75) is 6.54 Å². The molecular formula is C9H11BF3N. The van der Waals surface area contributed by atoms with Gasteiger partial charge in [-0.25, -0.2) is 4.39 Å². The predicted molar refractivity (Wildman–Crippen MR) is 51.4 cm³/mol. The maximum absolute atomic E-state index is 13.1. The molecule has 0 heterocycles. The topological polar surface area (TPSA) is 3.24 Å². The van der Waals surface area contributed by atoms with Gasteiger partial charge in [-0.2, -0.15) is 0 Å². The van der Waals surface area contributed by atoms with E-state index in [1.165, 1.54) is 6.07 Å². The van der Waals surface area contributed by atoms with Crippen molar-refractivity contribution >= 4 is 12.7 Å². The monoisotopic (exact) mass is 201 g/mol. The van der Waals surface area contributed by atoms with Crippen LogP contribution < -0.4 is 5.46 Å². The lowest BCUT2D eigenvalue weighted by atomic mass is 9.85. The molecule has 0 fully saturated rings. The predicted octanol–water partition coefficient (Wildman–Crippen LogP) is 1.52.